The number of carbonyl (C=O) groups excluding carboxylic acids is 1. The summed E-state index contributed by atoms with van der Waals surface area (Å²) >= 11 is 0. The summed E-state index contributed by atoms with van der Waals surface area (Å²) < 4.78 is 0. The predicted octanol–water partition coefficient (Wildman–Crippen LogP) is 0.920. The molecule has 0 saturated heterocycles. The van der Waals surface area contributed by atoms with Crippen LogP contribution in [-0.2, 0) is 4.79 Å². The van der Waals surface area contributed by atoms with E-state index < -0.39 is 6.10 Å². The summed E-state index contributed by atoms with van der Waals surface area (Å²) in [6.07, 6.45) is 0.729. The minimum Gasteiger partial charge on any atom is -0.393 e. The molecule has 2 atom stereocenters. The molecular weight excluding hydrogens is 154 g/mol. The fourth-order valence-corrected chi connectivity index (χ4v) is 0.773. The highest BCUT2D eigenvalue weighted by Gasteiger charge is 2.06. The molecule has 3 heteroatoms. The van der Waals surface area contributed by atoms with E-state index in [0.29, 0.717) is 12.5 Å². The second-order valence-corrected chi connectivity index (χ2v) is 3.37. The van der Waals surface area contributed by atoms with E-state index in [1.807, 2.05) is 0 Å². The molecule has 0 aliphatic carbocycles. The number of hydrogen-bond donors (Lipinski definition) is 2. The molecule has 0 aromatic carbocycles. The number of nitrogens with one attached hydrogen (secondary N) is 1. The Labute approximate surface area is 74.2 Å². The Morgan fingerprint density at radius 1 is 1.50 bits per heavy atom. The van der Waals surface area contributed by atoms with Crippen molar-refractivity contribution >= 4 is 5.91 Å². The van der Waals surface area contributed by atoms with Crippen LogP contribution in [0.1, 0.15) is 33.6 Å². The molecule has 12 heavy (non-hydrogen) atoms. The fourth-order valence-electron chi connectivity index (χ4n) is 0.773. The Kier molecular flexibility index (Phi) is 5.72. The highest BCUT2D eigenvalue weighted by Crippen LogP contribution is 1.97. The smallest absolute Gasteiger partial charge is 0.222 e. The average molecular weight is 173 g/mol. The molecule has 0 radical (unpaired) electrons. The molecule has 72 valence electrons. The molecule has 0 aliphatic rings. The number of aliphatic hydroxyl groups excluding tert-OH is 1. The van der Waals surface area contributed by atoms with Gasteiger partial charge in [-0.05, 0) is 12.8 Å². The SMILES string of the molecule is CCC(C)CNC(=O)CC(C)O. The second kappa shape index (κ2) is 6.00. The van der Waals surface area contributed by atoms with E-state index in [1.54, 1.807) is 6.92 Å². The highest BCUT2D eigenvalue weighted by molar-refractivity contribution is 5.76. The number of aliphatic hydroxyl groups is 1. The average Bonchev–Trinajstić information content (AvgIpc) is 1.99. The maximum atomic E-state index is 11.0. The molecule has 2 unspecified atom stereocenters. The number of hydrogen-bond acceptors (Lipinski definition) is 2. The monoisotopic (exact) mass is 173 g/mol. The third-order valence-corrected chi connectivity index (χ3v) is 1.83. The van der Waals surface area contributed by atoms with Gasteiger partial charge in [-0.2, -0.15) is 0 Å². The van der Waals surface area contributed by atoms with Crippen molar-refractivity contribution in [2.45, 2.75) is 39.7 Å². The minimum absolute atomic E-state index is 0.0645. The van der Waals surface area contributed by atoms with Crippen molar-refractivity contribution < 1.29 is 9.90 Å². The van der Waals surface area contributed by atoms with Crippen LogP contribution in [0.25, 0.3) is 0 Å². The molecule has 0 aliphatic heterocycles. The van der Waals surface area contributed by atoms with Crippen molar-refractivity contribution in [3.63, 3.8) is 0 Å². The molecule has 0 saturated carbocycles. The summed E-state index contributed by atoms with van der Waals surface area (Å²) in [4.78, 5) is 11.0. The summed E-state index contributed by atoms with van der Waals surface area (Å²) in [6, 6.07) is 0. The van der Waals surface area contributed by atoms with Crippen molar-refractivity contribution in [2.24, 2.45) is 5.92 Å². The summed E-state index contributed by atoms with van der Waals surface area (Å²) in [5.41, 5.74) is 0. The van der Waals surface area contributed by atoms with E-state index >= 15 is 0 Å². The van der Waals surface area contributed by atoms with Gasteiger partial charge in [0.1, 0.15) is 0 Å². The second-order valence-electron chi connectivity index (χ2n) is 3.37. The first-order valence-electron chi connectivity index (χ1n) is 4.51. The Bertz CT molecular complexity index is 134. The van der Waals surface area contributed by atoms with Crippen LogP contribution >= 0.6 is 0 Å². The lowest BCUT2D eigenvalue weighted by atomic mass is 10.1. The van der Waals surface area contributed by atoms with Gasteiger partial charge in [0.05, 0.1) is 12.5 Å². The first-order valence-corrected chi connectivity index (χ1v) is 4.51. The molecule has 1 amide bonds. The van der Waals surface area contributed by atoms with Crippen molar-refractivity contribution in [1.82, 2.24) is 5.32 Å². The van der Waals surface area contributed by atoms with Crippen molar-refractivity contribution in [3.8, 4) is 0 Å². The first-order chi connectivity index (χ1) is 5.56. The summed E-state index contributed by atoms with van der Waals surface area (Å²) in [7, 11) is 0. The maximum Gasteiger partial charge on any atom is 0.222 e. The molecule has 0 heterocycles. The van der Waals surface area contributed by atoms with Crippen LogP contribution in [0.2, 0.25) is 0 Å². The van der Waals surface area contributed by atoms with Crippen LogP contribution in [-0.4, -0.2) is 23.7 Å². The standard InChI is InChI=1S/C9H19NO2/c1-4-7(2)6-10-9(12)5-8(3)11/h7-8,11H,4-6H2,1-3H3,(H,10,12). The van der Waals surface area contributed by atoms with Gasteiger partial charge in [-0.1, -0.05) is 20.3 Å². The van der Waals surface area contributed by atoms with Gasteiger partial charge >= 0.3 is 0 Å². The van der Waals surface area contributed by atoms with Crippen molar-refractivity contribution in [2.75, 3.05) is 6.54 Å². The molecule has 0 aromatic rings. The molecule has 0 fully saturated rings. The quantitative estimate of drug-likeness (QED) is 0.649. The normalized spacial score (nSPS) is 15.3. The molecule has 0 rings (SSSR count). The van der Waals surface area contributed by atoms with Crippen LogP contribution in [0.5, 0.6) is 0 Å². The van der Waals surface area contributed by atoms with E-state index in [1.165, 1.54) is 0 Å². The molecule has 2 N–H and O–H groups in total. The predicted molar refractivity (Wildman–Crippen MR) is 48.8 cm³/mol. The van der Waals surface area contributed by atoms with E-state index in [-0.39, 0.29) is 12.3 Å². The minimum atomic E-state index is -0.540. The lowest BCUT2D eigenvalue weighted by molar-refractivity contribution is -0.122. The van der Waals surface area contributed by atoms with E-state index in [4.69, 9.17) is 5.11 Å². The van der Waals surface area contributed by atoms with Gasteiger partial charge in [-0.25, -0.2) is 0 Å². The van der Waals surface area contributed by atoms with Crippen molar-refractivity contribution in [1.29, 1.82) is 0 Å². The van der Waals surface area contributed by atoms with E-state index in [0.717, 1.165) is 6.42 Å². The van der Waals surface area contributed by atoms with Gasteiger partial charge in [-0.3, -0.25) is 4.79 Å². The van der Waals surface area contributed by atoms with Gasteiger partial charge in [0.2, 0.25) is 5.91 Å². The Morgan fingerprint density at radius 3 is 2.50 bits per heavy atom. The lowest BCUT2D eigenvalue weighted by Crippen LogP contribution is -2.30. The van der Waals surface area contributed by atoms with Crippen LogP contribution < -0.4 is 5.32 Å². The summed E-state index contributed by atoms with van der Waals surface area (Å²) in [5.74, 6) is 0.452. The van der Waals surface area contributed by atoms with Gasteiger partial charge in [-0.15, -0.1) is 0 Å². The molecular formula is C9H19NO2. The Balaban J connectivity index is 3.44. The van der Waals surface area contributed by atoms with Gasteiger partial charge in [0, 0.05) is 6.54 Å². The third-order valence-electron chi connectivity index (χ3n) is 1.83. The summed E-state index contributed by atoms with van der Waals surface area (Å²) in [5, 5.41) is 11.7. The van der Waals surface area contributed by atoms with Crippen LogP contribution in [0.15, 0.2) is 0 Å². The Morgan fingerprint density at radius 2 is 2.08 bits per heavy atom. The van der Waals surface area contributed by atoms with Gasteiger partial charge < -0.3 is 10.4 Å². The molecule has 0 spiro atoms. The molecule has 0 bridgehead atoms. The zero-order chi connectivity index (χ0) is 9.56. The zero-order valence-corrected chi connectivity index (χ0v) is 8.13. The number of amides is 1. The first kappa shape index (κ1) is 11.4. The molecule has 0 aromatic heterocycles. The topological polar surface area (TPSA) is 49.3 Å². The summed E-state index contributed by atoms with van der Waals surface area (Å²) in [6.45, 7) is 6.50. The van der Waals surface area contributed by atoms with Gasteiger partial charge in [0.15, 0.2) is 0 Å². The van der Waals surface area contributed by atoms with E-state index in [2.05, 4.69) is 19.2 Å². The third kappa shape index (κ3) is 6.16. The number of carbonyl (C=O) groups is 1. The van der Waals surface area contributed by atoms with E-state index in [9.17, 15) is 4.79 Å². The van der Waals surface area contributed by atoms with Crippen LogP contribution in [0.4, 0.5) is 0 Å². The largest absolute Gasteiger partial charge is 0.393 e. The maximum absolute atomic E-state index is 11.0. The molecule has 3 nitrogen and oxygen atoms in total. The zero-order valence-electron chi connectivity index (χ0n) is 8.13. The van der Waals surface area contributed by atoms with Gasteiger partial charge in [0.25, 0.3) is 0 Å². The van der Waals surface area contributed by atoms with Crippen LogP contribution in [0.3, 0.4) is 0 Å². The fraction of sp³-hybridized carbons (Fsp3) is 0.889. The lowest BCUT2D eigenvalue weighted by Gasteiger charge is -2.10. The Hall–Kier alpha value is -0.570. The highest BCUT2D eigenvalue weighted by atomic mass is 16.3. The van der Waals surface area contributed by atoms with Crippen molar-refractivity contribution in [3.05, 3.63) is 0 Å². The number of rotatable bonds is 5. The van der Waals surface area contributed by atoms with Crippen LogP contribution in [0, 0.1) is 5.92 Å².